The van der Waals surface area contributed by atoms with Crippen LogP contribution in [0.2, 0.25) is 0 Å². The number of anilines is 1. The molecule has 4 aromatic heterocycles. The van der Waals surface area contributed by atoms with E-state index in [-0.39, 0.29) is 12.7 Å². The lowest BCUT2D eigenvalue weighted by Crippen LogP contribution is -2.38. The molecule has 5 heterocycles. The molecular formula is C26H27N7O3. The van der Waals surface area contributed by atoms with E-state index in [2.05, 4.69) is 26.3 Å². The van der Waals surface area contributed by atoms with E-state index in [9.17, 15) is 10.4 Å². The van der Waals surface area contributed by atoms with Crippen molar-refractivity contribution in [2.75, 3.05) is 24.6 Å². The topological polar surface area (TPSA) is 122 Å². The Balaban J connectivity index is 1.34. The Kier molecular flexibility index (Phi) is 6.40. The SMILES string of the molecule is CC(C)(O)COc1cc(-c2ccc(N3CCC(Oc4cccnn4)CC3)nc2)c2c(C#N)cnn2c1. The van der Waals surface area contributed by atoms with Crippen molar-refractivity contribution in [1.29, 1.82) is 5.26 Å². The Morgan fingerprint density at radius 3 is 2.69 bits per heavy atom. The summed E-state index contributed by atoms with van der Waals surface area (Å²) in [5.41, 5.74) is 1.80. The van der Waals surface area contributed by atoms with E-state index in [1.165, 1.54) is 6.20 Å². The molecule has 1 N–H and O–H groups in total. The van der Waals surface area contributed by atoms with Gasteiger partial charge in [0.05, 0.1) is 29.1 Å². The Morgan fingerprint density at radius 2 is 2.03 bits per heavy atom. The maximum Gasteiger partial charge on any atom is 0.233 e. The van der Waals surface area contributed by atoms with Crippen LogP contribution >= 0.6 is 0 Å². The van der Waals surface area contributed by atoms with Gasteiger partial charge in [0.15, 0.2) is 0 Å². The number of pyridine rings is 2. The number of hydrogen-bond acceptors (Lipinski definition) is 9. The number of aliphatic hydroxyl groups is 1. The minimum atomic E-state index is -0.979. The number of ether oxygens (including phenoxy) is 2. The average Bonchev–Trinajstić information content (AvgIpc) is 3.31. The van der Waals surface area contributed by atoms with Crippen molar-refractivity contribution in [1.82, 2.24) is 24.8 Å². The summed E-state index contributed by atoms with van der Waals surface area (Å²) in [7, 11) is 0. The summed E-state index contributed by atoms with van der Waals surface area (Å²) in [6, 6.07) is 11.7. The van der Waals surface area contributed by atoms with Crippen molar-refractivity contribution in [3.63, 3.8) is 0 Å². The Hall–Kier alpha value is -4.23. The van der Waals surface area contributed by atoms with Crippen molar-refractivity contribution >= 4 is 11.3 Å². The van der Waals surface area contributed by atoms with Gasteiger partial charge in [0, 0.05) is 55.5 Å². The maximum atomic E-state index is 10.0. The third-order valence-corrected chi connectivity index (χ3v) is 5.96. The number of piperidine rings is 1. The lowest BCUT2D eigenvalue weighted by molar-refractivity contribution is 0.0283. The molecule has 184 valence electrons. The third kappa shape index (κ3) is 5.21. The van der Waals surface area contributed by atoms with E-state index in [0.717, 1.165) is 42.9 Å². The zero-order valence-electron chi connectivity index (χ0n) is 20.2. The average molecular weight is 486 g/mol. The second kappa shape index (κ2) is 9.79. The normalized spacial score (nSPS) is 14.6. The summed E-state index contributed by atoms with van der Waals surface area (Å²) in [6.45, 7) is 5.13. The molecule has 0 aromatic carbocycles. The van der Waals surface area contributed by atoms with Crippen molar-refractivity contribution in [2.24, 2.45) is 0 Å². The van der Waals surface area contributed by atoms with Gasteiger partial charge in [-0.05, 0) is 38.1 Å². The molecule has 0 unspecified atom stereocenters. The monoisotopic (exact) mass is 485 g/mol. The number of fused-ring (bicyclic) bond motifs is 1. The minimum Gasteiger partial charge on any atom is -0.489 e. The van der Waals surface area contributed by atoms with Gasteiger partial charge in [-0.15, -0.1) is 5.10 Å². The first kappa shape index (κ1) is 23.5. The zero-order chi connectivity index (χ0) is 25.1. The quantitative estimate of drug-likeness (QED) is 0.420. The predicted molar refractivity (Wildman–Crippen MR) is 133 cm³/mol. The first-order chi connectivity index (χ1) is 17.4. The Bertz CT molecular complexity index is 1370. The molecule has 1 aliphatic rings. The molecule has 0 aliphatic carbocycles. The van der Waals surface area contributed by atoms with Gasteiger partial charge in [-0.2, -0.15) is 15.5 Å². The Labute approximate surface area is 208 Å². The van der Waals surface area contributed by atoms with Crippen LogP contribution in [0.4, 0.5) is 5.82 Å². The summed E-state index contributed by atoms with van der Waals surface area (Å²) >= 11 is 0. The van der Waals surface area contributed by atoms with Gasteiger partial charge in [-0.1, -0.05) is 0 Å². The number of nitriles is 1. The fourth-order valence-corrected chi connectivity index (χ4v) is 4.19. The third-order valence-electron chi connectivity index (χ3n) is 5.96. The van der Waals surface area contributed by atoms with Crippen LogP contribution in [0, 0.1) is 11.3 Å². The number of hydrogen-bond donors (Lipinski definition) is 1. The highest BCUT2D eigenvalue weighted by atomic mass is 16.5. The van der Waals surface area contributed by atoms with Gasteiger partial charge in [-0.3, -0.25) is 0 Å². The van der Waals surface area contributed by atoms with Crippen molar-refractivity contribution in [2.45, 2.75) is 38.4 Å². The molecule has 36 heavy (non-hydrogen) atoms. The van der Waals surface area contributed by atoms with Gasteiger partial charge in [0.1, 0.15) is 30.3 Å². The summed E-state index contributed by atoms with van der Waals surface area (Å²) < 4.78 is 13.4. The number of rotatable bonds is 7. The highest BCUT2D eigenvalue weighted by Gasteiger charge is 2.22. The van der Waals surface area contributed by atoms with Crippen LogP contribution in [0.15, 0.2) is 55.1 Å². The van der Waals surface area contributed by atoms with E-state index in [4.69, 9.17) is 14.5 Å². The lowest BCUT2D eigenvalue weighted by Gasteiger charge is -2.32. The molecule has 1 fully saturated rings. The second-order valence-corrected chi connectivity index (χ2v) is 9.43. The van der Waals surface area contributed by atoms with E-state index in [1.54, 1.807) is 37.0 Å². The standard InChI is InChI=1S/C26H27N7O3/c1-26(2,34)17-35-21-12-22(25-19(13-27)15-30-33(25)16-21)18-5-6-23(28-14-18)32-10-7-20(8-11-32)36-24-4-3-9-29-31-24/h3-6,9,12,14-16,20,34H,7-8,10-11,17H2,1-2H3. The predicted octanol–water partition coefficient (Wildman–Crippen LogP) is 3.26. The maximum absolute atomic E-state index is 10.0. The molecule has 10 nitrogen and oxygen atoms in total. The number of aromatic nitrogens is 5. The fraction of sp³-hybridized carbons (Fsp3) is 0.346. The van der Waals surface area contributed by atoms with Crippen molar-refractivity contribution < 1.29 is 14.6 Å². The number of nitrogens with zero attached hydrogens (tertiary/aromatic N) is 7. The van der Waals surface area contributed by atoms with Crippen LogP contribution in [0.3, 0.4) is 0 Å². The van der Waals surface area contributed by atoms with Crippen molar-refractivity contribution in [3.8, 4) is 28.8 Å². The highest BCUT2D eigenvalue weighted by Crippen LogP contribution is 2.32. The van der Waals surface area contributed by atoms with Crippen LogP contribution in [-0.4, -0.2) is 61.3 Å². The van der Waals surface area contributed by atoms with Gasteiger partial charge >= 0.3 is 0 Å². The van der Waals surface area contributed by atoms with Gasteiger partial charge < -0.3 is 19.5 Å². The largest absolute Gasteiger partial charge is 0.489 e. The summed E-state index contributed by atoms with van der Waals surface area (Å²) in [6.07, 6.45) is 8.51. The minimum absolute atomic E-state index is 0.100. The highest BCUT2D eigenvalue weighted by molar-refractivity contribution is 5.85. The molecule has 0 radical (unpaired) electrons. The molecule has 5 rings (SSSR count). The van der Waals surface area contributed by atoms with Gasteiger partial charge in [-0.25, -0.2) is 9.50 Å². The first-order valence-electron chi connectivity index (χ1n) is 11.8. The summed E-state index contributed by atoms with van der Waals surface area (Å²) in [5, 5.41) is 31.8. The molecule has 0 bridgehead atoms. The first-order valence-corrected chi connectivity index (χ1v) is 11.8. The molecule has 0 amide bonds. The van der Waals surface area contributed by atoms with Gasteiger partial charge in [0.25, 0.3) is 0 Å². The second-order valence-electron chi connectivity index (χ2n) is 9.43. The van der Waals surface area contributed by atoms with Crippen LogP contribution in [-0.2, 0) is 0 Å². The molecule has 0 spiro atoms. The molecular weight excluding hydrogens is 458 g/mol. The van der Waals surface area contributed by atoms with E-state index in [0.29, 0.717) is 22.7 Å². The smallest absolute Gasteiger partial charge is 0.233 e. The molecule has 0 atom stereocenters. The lowest BCUT2D eigenvalue weighted by atomic mass is 10.0. The van der Waals surface area contributed by atoms with Crippen LogP contribution < -0.4 is 14.4 Å². The summed E-state index contributed by atoms with van der Waals surface area (Å²) in [4.78, 5) is 6.95. The molecule has 0 saturated carbocycles. The molecule has 1 aliphatic heterocycles. The van der Waals surface area contributed by atoms with E-state index < -0.39 is 5.60 Å². The van der Waals surface area contributed by atoms with E-state index >= 15 is 0 Å². The fourth-order valence-electron chi connectivity index (χ4n) is 4.19. The van der Waals surface area contributed by atoms with Crippen LogP contribution in [0.5, 0.6) is 11.6 Å². The van der Waals surface area contributed by atoms with Crippen LogP contribution in [0.1, 0.15) is 32.3 Å². The summed E-state index contributed by atoms with van der Waals surface area (Å²) in [5.74, 6) is 1.98. The molecule has 10 heteroatoms. The Morgan fingerprint density at radius 1 is 1.19 bits per heavy atom. The molecule has 4 aromatic rings. The van der Waals surface area contributed by atoms with Crippen LogP contribution in [0.25, 0.3) is 16.6 Å². The van der Waals surface area contributed by atoms with Gasteiger partial charge in [0.2, 0.25) is 5.88 Å². The zero-order valence-corrected chi connectivity index (χ0v) is 20.2. The van der Waals surface area contributed by atoms with Crippen molar-refractivity contribution in [3.05, 3.63) is 60.7 Å². The van der Waals surface area contributed by atoms with E-state index in [1.807, 2.05) is 30.3 Å². The molecule has 1 saturated heterocycles.